The number of carbonyl (C=O) groups is 1. The molecule has 0 fully saturated rings. The van der Waals surface area contributed by atoms with Gasteiger partial charge < -0.3 is 4.90 Å². The lowest BCUT2D eigenvalue weighted by atomic mass is 10.2. The number of para-hydroxylation sites is 1. The van der Waals surface area contributed by atoms with Crippen molar-refractivity contribution >= 4 is 46.4 Å². The van der Waals surface area contributed by atoms with Gasteiger partial charge in [0, 0.05) is 12.2 Å². The van der Waals surface area contributed by atoms with Crippen LogP contribution in [-0.2, 0) is 4.79 Å². The van der Waals surface area contributed by atoms with E-state index >= 15 is 0 Å². The Morgan fingerprint density at radius 2 is 1.82 bits per heavy atom. The lowest BCUT2D eigenvalue weighted by Gasteiger charge is -2.25. The molecule has 1 amide bonds. The van der Waals surface area contributed by atoms with E-state index in [2.05, 4.69) is 0 Å². The summed E-state index contributed by atoms with van der Waals surface area (Å²) in [6, 6.07) is 9.22. The van der Waals surface area contributed by atoms with E-state index in [0.29, 0.717) is 6.54 Å². The van der Waals surface area contributed by atoms with Crippen molar-refractivity contribution in [1.29, 1.82) is 0 Å². The third kappa shape index (κ3) is 4.38. The first kappa shape index (κ1) is 14.6. The summed E-state index contributed by atoms with van der Waals surface area (Å²) >= 11 is 16.9. The van der Waals surface area contributed by atoms with Crippen LogP contribution in [0.5, 0.6) is 0 Å². The Bertz CT molecular complexity index is 362. The molecule has 2 nitrogen and oxygen atoms in total. The molecule has 0 N–H and O–H groups in total. The van der Waals surface area contributed by atoms with Crippen molar-refractivity contribution in [3.63, 3.8) is 0 Å². The highest BCUT2D eigenvalue weighted by Crippen LogP contribution is 2.30. The summed E-state index contributed by atoms with van der Waals surface area (Å²) in [5.74, 6) is -0.512. The van der Waals surface area contributed by atoms with E-state index in [9.17, 15) is 4.79 Å². The molecule has 0 atom stereocenters. The average molecular weight is 295 g/mol. The van der Waals surface area contributed by atoms with E-state index in [1.807, 2.05) is 37.3 Å². The fourth-order valence-corrected chi connectivity index (χ4v) is 1.73. The van der Waals surface area contributed by atoms with E-state index in [-0.39, 0.29) is 0 Å². The third-order valence-electron chi connectivity index (χ3n) is 2.29. The van der Waals surface area contributed by atoms with Gasteiger partial charge in [0.15, 0.2) is 0 Å². The van der Waals surface area contributed by atoms with Crippen LogP contribution in [0, 0.1) is 0 Å². The van der Waals surface area contributed by atoms with Gasteiger partial charge in [-0.1, -0.05) is 66.3 Å². The number of amides is 1. The van der Waals surface area contributed by atoms with Crippen LogP contribution in [0.25, 0.3) is 0 Å². The molecule has 0 bridgehead atoms. The predicted molar refractivity (Wildman–Crippen MR) is 74.0 cm³/mol. The molecule has 1 aromatic rings. The number of alkyl halides is 3. The molecule has 0 aliphatic rings. The Kier molecular flexibility index (Phi) is 5.57. The molecule has 0 unspecified atom stereocenters. The minimum absolute atomic E-state index is 0.512. The van der Waals surface area contributed by atoms with Crippen LogP contribution in [0.4, 0.5) is 5.69 Å². The maximum atomic E-state index is 12.0. The zero-order valence-corrected chi connectivity index (χ0v) is 11.8. The molecule has 17 heavy (non-hydrogen) atoms. The van der Waals surface area contributed by atoms with E-state index in [4.69, 9.17) is 34.8 Å². The number of benzene rings is 1. The van der Waals surface area contributed by atoms with Crippen molar-refractivity contribution in [2.75, 3.05) is 11.4 Å². The molecule has 94 valence electrons. The Hall–Kier alpha value is -0.440. The lowest BCUT2D eigenvalue weighted by Crippen LogP contribution is -2.40. The molecule has 0 saturated carbocycles. The van der Waals surface area contributed by atoms with Gasteiger partial charge in [0.2, 0.25) is 0 Å². The SMILES string of the molecule is CCCCN(C(=O)C(Cl)(Cl)Cl)c1ccccc1. The molecule has 0 aliphatic carbocycles. The Morgan fingerprint density at radius 1 is 1.24 bits per heavy atom. The second-order valence-electron chi connectivity index (χ2n) is 3.64. The Morgan fingerprint density at radius 3 is 2.29 bits per heavy atom. The van der Waals surface area contributed by atoms with E-state index < -0.39 is 9.70 Å². The van der Waals surface area contributed by atoms with Crippen molar-refractivity contribution in [3.8, 4) is 0 Å². The third-order valence-corrected chi connectivity index (χ3v) is 2.78. The number of nitrogens with zero attached hydrogens (tertiary/aromatic N) is 1. The van der Waals surface area contributed by atoms with Gasteiger partial charge in [-0.2, -0.15) is 0 Å². The molecule has 5 heteroatoms. The van der Waals surface area contributed by atoms with Crippen LogP contribution in [0.2, 0.25) is 0 Å². The number of halogens is 3. The summed E-state index contributed by atoms with van der Waals surface area (Å²) < 4.78 is -1.91. The summed E-state index contributed by atoms with van der Waals surface area (Å²) in [6.07, 6.45) is 1.83. The maximum absolute atomic E-state index is 12.0. The number of rotatable bonds is 4. The quantitative estimate of drug-likeness (QED) is 0.763. The predicted octanol–water partition coefficient (Wildman–Crippen LogP) is 4.19. The van der Waals surface area contributed by atoms with Gasteiger partial charge in [-0.05, 0) is 18.6 Å². The summed E-state index contributed by atoms with van der Waals surface area (Å²) in [4.78, 5) is 13.5. The molecule has 0 spiro atoms. The minimum atomic E-state index is -1.91. The summed E-state index contributed by atoms with van der Waals surface area (Å²) in [5, 5.41) is 0. The first-order valence-electron chi connectivity index (χ1n) is 5.40. The van der Waals surface area contributed by atoms with Crippen molar-refractivity contribution in [3.05, 3.63) is 30.3 Å². The molecule has 0 saturated heterocycles. The van der Waals surface area contributed by atoms with Crippen LogP contribution >= 0.6 is 34.8 Å². The van der Waals surface area contributed by atoms with Gasteiger partial charge in [0.1, 0.15) is 0 Å². The average Bonchev–Trinajstić information content (AvgIpc) is 2.29. The summed E-state index contributed by atoms with van der Waals surface area (Å²) in [7, 11) is 0. The monoisotopic (exact) mass is 293 g/mol. The molecule has 1 aromatic carbocycles. The van der Waals surface area contributed by atoms with Gasteiger partial charge in [-0.25, -0.2) is 0 Å². The Labute approximate surface area is 116 Å². The molecule has 0 aromatic heterocycles. The fraction of sp³-hybridized carbons (Fsp3) is 0.417. The number of carbonyl (C=O) groups excluding carboxylic acids is 1. The van der Waals surface area contributed by atoms with Crippen LogP contribution in [0.3, 0.4) is 0 Å². The van der Waals surface area contributed by atoms with Crippen molar-refractivity contribution < 1.29 is 4.79 Å². The van der Waals surface area contributed by atoms with Gasteiger partial charge in [0.05, 0.1) is 0 Å². The van der Waals surface area contributed by atoms with Gasteiger partial charge in [-0.3, -0.25) is 4.79 Å². The smallest absolute Gasteiger partial charge is 0.279 e. The topological polar surface area (TPSA) is 20.3 Å². The zero-order chi connectivity index (χ0) is 12.9. The van der Waals surface area contributed by atoms with Crippen LogP contribution in [-0.4, -0.2) is 16.2 Å². The summed E-state index contributed by atoms with van der Waals surface area (Å²) in [6.45, 7) is 2.59. The van der Waals surface area contributed by atoms with Gasteiger partial charge in [0.25, 0.3) is 9.70 Å². The summed E-state index contributed by atoms with van der Waals surface area (Å²) in [5.41, 5.74) is 0.747. The zero-order valence-electron chi connectivity index (χ0n) is 9.50. The number of anilines is 1. The molecular weight excluding hydrogens is 280 g/mol. The highest BCUT2D eigenvalue weighted by atomic mass is 35.6. The molecule has 0 aliphatic heterocycles. The van der Waals surface area contributed by atoms with Crippen molar-refractivity contribution in [2.24, 2.45) is 0 Å². The number of hydrogen-bond donors (Lipinski definition) is 0. The first-order chi connectivity index (χ1) is 7.96. The normalized spacial score (nSPS) is 11.3. The second kappa shape index (κ2) is 6.48. The van der Waals surface area contributed by atoms with E-state index in [1.54, 1.807) is 0 Å². The van der Waals surface area contributed by atoms with E-state index in [1.165, 1.54) is 4.90 Å². The Balaban J connectivity index is 2.92. The first-order valence-corrected chi connectivity index (χ1v) is 6.54. The maximum Gasteiger partial charge on any atom is 0.279 e. The standard InChI is InChI=1S/C12H14Cl3NO/c1-2-3-9-16(11(17)12(13,14)15)10-7-5-4-6-8-10/h4-8H,2-3,9H2,1H3. The molecular formula is C12H14Cl3NO. The number of hydrogen-bond acceptors (Lipinski definition) is 1. The highest BCUT2D eigenvalue weighted by Gasteiger charge is 2.35. The molecule has 1 rings (SSSR count). The van der Waals surface area contributed by atoms with Crippen LogP contribution < -0.4 is 4.90 Å². The minimum Gasteiger partial charge on any atom is -0.309 e. The van der Waals surface area contributed by atoms with E-state index in [0.717, 1.165) is 18.5 Å². The fourth-order valence-electron chi connectivity index (χ4n) is 1.43. The van der Waals surface area contributed by atoms with Crippen molar-refractivity contribution in [2.45, 2.75) is 23.6 Å². The molecule has 0 radical (unpaired) electrons. The second-order valence-corrected chi connectivity index (χ2v) is 5.92. The molecule has 0 heterocycles. The van der Waals surface area contributed by atoms with Gasteiger partial charge in [-0.15, -0.1) is 0 Å². The van der Waals surface area contributed by atoms with Crippen LogP contribution in [0.1, 0.15) is 19.8 Å². The lowest BCUT2D eigenvalue weighted by molar-refractivity contribution is -0.117. The largest absolute Gasteiger partial charge is 0.309 e. The van der Waals surface area contributed by atoms with Crippen LogP contribution in [0.15, 0.2) is 30.3 Å². The highest BCUT2D eigenvalue weighted by molar-refractivity contribution is 6.76. The van der Waals surface area contributed by atoms with Gasteiger partial charge >= 0.3 is 0 Å². The number of unbranched alkanes of at least 4 members (excludes halogenated alkanes) is 1. The van der Waals surface area contributed by atoms with Crippen molar-refractivity contribution in [1.82, 2.24) is 0 Å².